The van der Waals surface area contributed by atoms with Crippen LogP contribution in [0.25, 0.3) is 11.4 Å². The Hall–Kier alpha value is -3.88. The van der Waals surface area contributed by atoms with Crippen LogP contribution in [0.3, 0.4) is 0 Å². The van der Waals surface area contributed by atoms with Crippen LogP contribution in [-0.2, 0) is 16.1 Å². The number of nitrogens with zero attached hydrogens (tertiary/aromatic N) is 2. The van der Waals surface area contributed by atoms with Gasteiger partial charge in [0.25, 0.3) is 0 Å². The molecule has 0 bridgehead atoms. The number of ether oxygens (including phenoxy) is 2. The number of aromatic amines is 1. The van der Waals surface area contributed by atoms with E-state index in [0.717, 1.165) is 11.3 Å². The Morgan fingerprint density at radius 1 is 1.16 bits per heavy atom. The third-order valence-corrected chi connectivity index (χ3v) is 6.37. The van der Waals surface area contributed by atoms with Crippen molar-refractivity contribution in [2.24, 2.45) is 5.92 Å². The average Bonchev–Trinajstić information content (AvgIpc) is 3.33. The number of aromatic nitrogens is 2. The van der Waals surface area contributed by atoms with Crippen LogP contribution < -0.4 is 10.1 Å². The summed E-state index contributed by atoms with van der Waals surface area (Å²) in [6.45, 7) is 6.78. The summed E-state index contributed by atoms with van der Waals surface area (Å²) in [5, 5.41) is 2.74. The van der Waals surface area contributed by atoms with Crippen LogP contribution in [0, 0.1) is 18.7 Å². The summed E-state index contributed by atoms with van der Waals surface area (Å²) in [6.07, 6.45) is 2.16. The highest BCUT2D eigenvalue weighted by Crippen LogP contribution is 2.31. The van der Waals surface area contributed by atoms with Gasteiger partial charge in [-0.3, -0.25) is 4.79 Å². The Kier molecular flexibility index (Phi) is 8.43. The number of nitrogens with one attached hydrogen (secondary N) is 2. The zero-order valence-electron chi connectivity index (χ0n) is 21.4. The van der Waals surface area contributed by atoms with Crippen molar-refractivity contribution in [3.8, 4) is 17.1 Å². The lowest BCUT2D eigenvalue weighted by Crippen LogP contribution is -2.53. The molecule has 1 aliphatic rings. The number of carbonyl (C=O) groups is 2. The highest BCUT2D eigenvalue weighted by atomic mass is 19.1. The number of imidazole rings is 1. The van der Waals surface area contributed by atoms with Crippen LogP contribution in [0.15, 0.2) is 54.7 Å². The Balaban J connectivity index is 1.32. The maximum absolute atomic E-state index is 13.9. The first-order valence-electron chi connectivity index (χ1n) is 12.5. The van der Waals surface area contributed by atoms with E-state index in [-0.39, 0.29) is 30.4 Å². The van der Waals surface area contributed by atoms with Gasteiger partial charge in [-0.1, -0.05) is 44.2 Å². The number of rotatable bonds is 8. The Labute approximate surface area is 216 Å². The predicted molar refractivity (Wildman–Crippen MR) is 137 cm³/mol. The molecule has 4 rings (SSSR count). The molecule has 1 aromatic heterocycles. The number of alkyl carbamates (subject to hydrolysis) is 1. The third-order valence-electron chi connectivity index (χ3n) is 6.37. The number of hydrogen-bond acceptors (Lipinski definition) is 5. The van der Waals surface area contributed by atoms with Gasteiger partial charge in [0.2, 0.25) is 5.91 Å². The van der Waals surface area contributed by atoms with E-state index in [1.807, 2.05) is 51.1 Å². The van der Waals surface area contributed by atoms with E-state index in [1.54, 1.807) is 17.2 Å². The minimum Gasteiger partial charge on any atom is -0.490 e. The first-order valence-corrected chi connectivity index (χ1v) is 12.5. The molecule has 0 spiro atoms. The zero-order chi connectivity index (χ0) is 26.4. The minimum atomic E-state index is -0.688. The van der Waals surface area contributed by atoms with Gasteiger partial charge < -0.3 is 24.7 Å². The smallest absolute Gasteiger partial charge is 0.408 e. The summed E-state index contributed by atoms with van der Waals surface area (Å²) in [6, 6.07) is 13.1. The standard InChI is InChI=1S/C28H33FN4O4/c1-18(2)25(32-28(35)36-17-20-7-5-4-6-8-20)27(34)33-13-11-22(12-14-33)37-24-10-9-21(29)15-23(24)26-30-16-19(3)31-26/h4-10,15-16,18,22,25H,11-14,17H2,1-3H3,(H,30,31)(H,32,35)/t25-/m0/s1. The first-order chi connectivity index (χ1) is 17.8. The molecule has 1 atom stereocenters. The van der Waals surface area contributed by atoms with Crippen LogP contribution in [0.5, 0.6) is 5.75 Å². The SMILES string of the molecule is Cc1cnc(-c2cc(F)ccc2OC2CCN(C(=O)[C@@H](NC(=O)OCc3ccccc3)C(C)C)CC2)[nH]1. The normalized spacial score (nSPS) is 14.9. The molecular weight excluding hydrogens is 475 g/mol. The van der Waals surface area contributed by atoms with Crippen molar-refractivity contribution in [1.29, 1.82) is 0 Å². The van der Waals surface area contributed by atoms with E-state index in [0.29, 0.717) is 43.1 Å². The van der Waals surface area contributed by atoms with Crippen molar-refractivity contribution in [3.05, 3.63) is 71.8 Å². The number of H-pyrrole nitrogens is 1. The molecule has 196 valence electrons. The fraction of sp³-hybridized carbons (Fsp3) is 0.393. The van der Waals surface area contributed by atoms with E-state index in [1.165, 1.54) is 12.1 Å². The first kappa shape index (κ1) is 26.2. The lowest BCUT2D eigenvalue weighted by atomic mass is 10.0. The molecule has 1 saturated heterocycles. The molecule has 37 heavy (non-hydrogen) atoms. The van der Waals surface area contributed by atoms with Gasteiger partial charge in [-0.25, -0.2) is 14.2 Å². The number of likely N-dealkylation sites (tertiary alicyclic amines) is 1. The molecule has 0 radical (unpaired) electrons. The molecule has 3 aromatic rings. The fourth-order valence-corrected chi connectivity index (χ4v) is 4.32. The maximum Gasteiger partial charge on any atom is 0.408 e. The summed E-state index contributed by atoms with van der Waals surface area (Å²) in [5.74, 6) is 0.474. The highest BCUT2D eigenvalue weighted by molar-refractivity contribution is 5.86. The second-order valence-corrected chi connectivity index (χ2v) is 9.63. The summed E-state index contributed by atoms with van der Waals surface area (Å²) in [7, 11) is 0. The Morgan fingerprint density at radius 3 is 2.54 bits per heavy atom. The Bertz CT molecular complexity index is 1210. The second kappa shape index (κ2) is 11.9. The number of benzene rings is 2. The predicted octanol–water partition coefficient (Wildman–Crippen LogP) is 4.85. The molecule has 1 fully saturated rings. The van der Waals surface area contributed by atoms with E-state index in [9.17, 15) is 14.0 Å². The van der Waals surface area contributed by atoms with E-state index in [4.69, 9.17) is 9.47 Å². The van der Waals surface area contributed by atoms with Crippen molar-refractivity contribution in [1.82, 2.24) is 20.2 Å². The van der Waals surface area contributed by atoms with Gasteiger partial charge in [0, 0.05) is 37.8 Å². The zero-order valence-corrected chi connectivity index (χ0v) is 21.4. The van der Waals surface area contributed by atoms with Gasteiger partial charge in [-0.05, 0) is 36.6 Å². The topological polar surface area (TPSA) is 96.6 Å². The molecule has 0 unspecified atom stereocenters. The van der Waals surface area contributed by atoms with Gasteiger partial charge in [0.1, 0.15) is 36.1 Å². The van der Waals surface area contributed by atoms with E-state index >= 15 is 0 Å². The largest absolute Gasteiger partial charge is 0.490 e. The van der Waals surface area contributed by atoms with Crippen molar-refractivity contribution in [2.75, 3.05) is 13.1 Å². The number of amides is 2. The van der Waals surface area contributed by atoms with E-state index < -0.39 is 12.1 Å². The van der Waals surface area contributed by atoms with Crippen LogP contribution in [0.4, 0.5) is 9.18 Å². The van der Waals surface area contributed by atoms with Gasteiger partial charge in [-0.2, -0.15) is 0 Å². The summed E-state index contributed by atoms with van der Waals surface area (Å²) < 4.78 is 25.5. The van der Waals surface area contributed by atoms with Crippen molar-refractivity contribution < 1.29 is 23.5 Å². The molecule has 0 aliphatic carbocycles. The van der Waals surface area contributed by atoms with Gasteiger partial charge in [0.15, 0.2) is 0 Å². The monoisotopic (exact) mass is 508 g/mol. The van der Waals surface area contributed by atoms with Crippen LogP contribution >= 0.6 is 0 Å². The summed E-state index contributed by atoms with van der Waals surface area (Å²) >= 11 is 0. The molecule has 2 amide bonds. The van der Waals surface area contributed by atoms with Crippen molar-refractivity contribution in [2.45, 2.75) is 52.4 Å². The molecule has 2 aromatic carbocycles. The number of halogens is 1. The number of hydrogen-bond donors (Lipinski definition) is 2. The van der Waals surface area contributed by atoms with Gasteiger partial charge in [-0.15, -0.1) is 0 Å². The minimum absolute atomic E-state index is 0.107. The maximum atomic E-state index is 13.9. The number of piperidine rings is 1. The molecule has 0 saturated carbocycles. The molecular formula is C28H33FN4O4. The van der Waals surface area contributed by atoms with E-state index in [2.05, 4.69) is 15.3 Å². The molecule has 9 heteroatoms. The van der Waals surface area contributed by atoms with Crippen LogP contribution in [0.1, 0.15) is 37.9 Å². The molecule has 8 nitrogen and oxygen atoms in total. The highest BCUT2D eigenvalue weighted by Gasteiger charge is 2.32. The fourth-order valence-electron chi connectivity index (χ4n) is 4.32. The summed E-state index contributed by atoms with van der Waals surface area (Å²) in [5.41, 5.74) is 2.30. The van der Waals surface area contributed by atoms with Gasteiger partial charge >= 0.3 is 6.09 Å². The average molecular weight is 509 g/mol. The van der Waals surface area contributed by atoms with Gasteiger partial charge in [0.05, 0.1) is 5.56 Å². The number of carbonyl (C=O) groups excluding carboxylic acids is 2. The lowest BCUT2D eigenvalue weighted by molar-refractivity contribution is -0.136. The second-order valence-electron chi connectivity index (χ2n) is 9.63. The quantitative estimate of drug-likeness (QED) is 0.454. The molecule has 2 heterocycles. The lowest BCUT2D eigenvalue weighted by Gasteiger charge is -2.35. The Morgan fingerprint density at radius 2 is 1.89 bits per heavy atom. The third kappa shape index (κ3) is 6.87. The van der Waals surface area contributed by atoms with Crippen LogP contribution in [0.2, 0.25) is 0 Å². The number of aryl methyl sites for hydroxylation is 1. The van der Waals surface area contributed by atoms with Crippen LogP contribution in [-0.4, -0.2) is 52.1 Å². The molecule has 1 aliphatic heterocycles. The van der Waals surface area contributed by atoms with Crippen molar-refractivity contribution in [3.63, 3.8) is 0 Å². The molecule has 2 N–H and O–H groups in total. The van der Waals surface area contributed by atoms with Crippen molar-refractivity contribution >= 4 is 12.0 Å². The summed E-state index contributed by atoms with van der Waals surface area (Å²) in [4.78, 5) is 34.8.